The Morgan fingerprint density at radius 3 is 2.54 bits per heavy atom. The fourth-order valence-electron chi connectivity index (χ4n) is 4.39. The second-order valence-corrected chi connectivity index (χ2v) is 8.11. The Labute approximate surface area is 164 Å². The van der Waals surface area contributed by atoms with Crippen LogP contribution in [0.1, 0.15) is 63.7 Å². The van der Waals surface area contributed by atoms with Gasteiger partial charge < -0.3 is 15.4 Å². The summed E-state index contributed by atoms with van der Waals surface area (Å²) in [6.45, 7) is 4.29. The van der Waals surface area contributed by atoms with Gasteiger partial charge in [0.15, 0.2) is 0 Å². The highest BCUT2D eigenvalue weighted by Crippen LogP contribution is 2.27. The number of hydrogen-bond donors (Lipinski definition) is 1. The third kappa shape index (κ3) is 3.44. The molecule has 3 aliphatic rings. The van der Waals surface area contributed by atoms with Crippen molar-refractivity contribution in [3.05, 3.63) is 34.9 Å². The molecule has 4 rings (SSSR count). The molecule has 1 aromatic carbocycles. The van der Waals surface area contributed by atoms with Crippen LogP contribution in [-0.4, -0.2) is 65.9 Å². The molecule has 0 aromatic heterocycles. The molecular weight excluding hydrogens is 358 g/mol. The zero-order chi connectivity index (χ0) is 19.8. The van der Waals surface area contributed by atoms with E-state index in [1.807, 2.05) is 11.8 Å². The SMILES string of the molecule is CC(N)C1CCN(C(=O)c2ccc3c(c2)C(=O)N(CC2CCCO2)C3=O)CC1. The maximum atomic E-state index is 12.9. The van der Waals surface area contributed by atoms with E-state index in [9.17, 15) is 14.4 Å². The Kier molecular flexibility index (Phi) is 5.21. The smallest absolute Gasteiger partial charge is 0.261 e. The van der Waals surface area contributed by atoms with Crippen molar-refractivity contribution in [2.45, 2.75) is 44.8 Å². The molecule has 0 spiro atoms. The zero-order valence-electron chi connectivity index (χ0n) is 16.2. The van der Waals surface area contributed by atoms with Crippen LogP contribution < -0.4 is 5.73 Å². The lowest BCUT2D eigenvalue weighted by atomic mass is 9.90. The summed E-state index contributed by atoms with van der Waals surface area (Å²) >= 11 is 0. The van der Waals surface area contributed by atoms with E-state index in [2.05, 4.69) is 0 Å². The van der Waals surface area contributed by atoms with Crippen LogP contribution in [0.3, 0.4) is 0 Å². The Balaban J connectivity index is 1.48. The maximum Gasteiger partial charge on any atom is 0.261 e. The second kappa shape index (κ2) is 7.64. The van der Waals surface area contributed by atoms with Crippen molar-refractivity contribution in [1.29, 1.82) is 0 Å². The molecule has 0 bridgehead atoms. The number of amides is 3. The van der Waals surface area contributed by atoms with Gasteiger partial charge in [-0.3, -0.25) is 19.3 Å². The van der Waals surface area contributed by atoms with E-state index in [-0.39, 0.29) is 36.4 Å². The average molecular weight is 385 g/mol. The fraction of sp³-hybridized carbons (Fsp3) is 0.571. The van der Waals surface area contributed by atoms with Crippen LogP contribution in [0, 0.1) is 5.92 Å². The molecule has 3 amide bonds. The minimum atomic E-state index is -0.333. The van der Waals surface area contributed by atoms with E-state index in [0.717, 1.165) is 25.7 Å². The van der Waals surface area contributed by atoms with Gasteiger partial charge in [-0.25, -0.2) is 0 Å². The first-order chi connectivity index (χ1) is 13.5. The summed E-state index contributed by atoms with van der Waals surface area (Å²) in [5, 5.41) is 0. The highest BCUT2D eigenvalue weighted by molar-refractivity contribution is 6.22. The van der Waals surface area contributed by atoms with Crippen molar-refractivity contribution in [1.82, 2.24) is 9.80 Å². The van der Waals surface area contributed by atoms with Gasteiger partial charge in [-0.15, -0.1) is 0 Å². The zero-order valence-corrected chi connectivity index (χ0v) is 16.2. The summed E-state index contributed by atoms with van der Waals surface area (Å²) in [5.41, 5.74) is 7.12. The normalized spacial score (nSPS) is 24.0. The van der Waals surface area contributed by atoms with E-state index < -0.39 is 0 Å². The number of likely N-dealkylation sites (tertiary alicyclic amines) is 1. The van der Waals surface area contributed by atoms with Crippen LogP contribution in [0.15, 0.2) is 18.2 Å². The van der Waals surface area contributed by atoms with Gasteiger partial charge in [-0.2, -0.15) is 0 Å². The first kappa shape index (κ1) is 19.1. The molecule has 2 N–H and O–H groups in total. The van der Waals surface area contributed by atoms with E-state index >= 15 is 0 Å². The molecule has 0 radical (unpaired) electrons. The number of carbonyl (C=O) groups excluding carboxylic acids is 3. The standard InChI is InChI=1S/C21H27N3O4/c1-13(22)14-6-8-23(9-7-14)19(25)15-4-5-17-18(11-15)21(27)24(20(17)26)12-16-3-2-10-28-16/h4-5,11,13-14,16H,2-3,6-10,12,22H2,1H3. The largest absolute Gasteiger partial charge is 0.376 e. The summed E-state index contributed by atoms with van der Waals surface area (Å²) < 4.78 is 5.56. The van der Waals surface area contributed by atoms with Gasteiger partial charge in [0.1, 0.15) is 0 Å². The number of hydrogen-bond acceptors (Lipinski definition) is 5. The van der Waals surface area contributed by atoms with Gasteiger partial charge in [-0.05, 0) is 56.7 Å². The lowest BCUT2D eigenvalue weighted by Crippen LogP contribution is -2.42. The molecule has 0 saturated carbocycles. The number of imide groups is 1. The summed E-state index contributed by atoms with van der Waals surface area (Å²) in [6, 6.07) is 4.97. The number of nitrogens with two attached hydrogens (primary N) is 1. The Morgan fingerprint density at radius 1 is 1.18 bits per heavy atom. The van der Waals surface area contributed by atoms with Crippen LogP contribution >= 0.6 is 0 Å². The molecular formula is C21H27N3O4. The van der Waals surface area contributed by atoms with Crippen LogP contribution in [0.4, 0.5) is 0 Å². The van der Waals surface area contributed by atoms with Crippen LogP contribution in [0.2, 0.25) is 0 Å². The molecule has 0 aliphatic carbocycles. The van der Waals surface area contributed by atoms with Gasteiger partial charge in [0.05, 0.1) is 23.8 Å². The summed E-state index contributed by atoms with van der Waals surface area (Å²) in [6.07, 6.45) is 3.50. The van der Waals surface area contributed by atoms with Crippen molar-refractivity contribution >= 4 is 17.7 Å². The number of nitrogens with zero attached hydrogens (tertiary/aromatic N) is 2. The molecule has 2 atom stereocenters. The van der Waals surface area contributed by atoms with E-state index in [0.29, 0.717) is 42.3 Å². The monoisotopic (exact) mass is 385 g/mol. The molecule has 3 heterocycles. The van der Waals surface area contributed by atoms with Crippen LogP contribution in [0.25, 0.3) is 0 Å². The minimum Gasteiger partial charge on any atom is -0.376 e. The van der Waals surface area contributed by atoms with E-state index in [4.69, 9.17) is 10.5 Å². The Bertz CT molecular complexity index is 793. The van der Waals surface area contributed by atoms with Crippen molar-refractivity contribution in [2.24, 2.45) is 11.7 Å². The summed E-state index contributed by atoms with van der Waals surface area (Å²) in [5.74, 6) is -0.286. The van der Waals surface area contributed by atoms with Gasteiger partial charge in [-0.1, -0.05) is 0 Å². The van der Waals surface area contributed by atoms with E-state index in [1.165, 1.54) is 4.90 Å². The highest BCUT2D eigenvalue weighted by Gasteiger charge is 2.38. The number of fused-ring (bicyclic) bond motifs is 1. The predicted molar refractivity (Wildman–Crippen MR) is 103 cm³/mol. The fourth-order valence-corrected chi connectivity index (χ4v) is 4.39. The summed E-state index contributed by atoms with van der Waals surface area (Å²) in [7, 11) is 0. The number of carbonyl (C=O) groups is 3. The van der Waals surface area contributed by atoms with Gasteiger partial charge in [0.25, 0.3) is 17.7 Å². The number of rotatable bonds is 4. The molecule has 28 heavy (non-hydrogen) atoms. The second-order valence-electron chi connectivity index (χ2n) is 8.11. The molecule has 2 saturated heterocycles. The van der Waals surface area contributed by atoms with Crippen LogP contribution in [0.5, 0.6) is 0 Å². The number of piperidine rings is 1. The topological polar surface area (TPSA) is 92.9 Å². The molecule has 3 aliphatic heterocycles. The van der Waals surface area contributed by atoms with Gasteiger partial charge in [0, 0.05) is 31.3 Å². The minimum absolute atomic E-state index is 0.0884. The molecule has 2 unspecified atom stereocenters. The lowest BCUT2D eigenvalue weighted by molar-refractivity contribution is 0.0475. The Morgan fingerprint density at radius 2 is 1.89 bits per heavy atom. The van der Waals surface area contributed by atoms with E-state index in [1.54, 1.807) is 18.2 Å². The third-order valence-electron chi connectivity index (χ3n) is 6.20. The first-order valence-electron chi connectivity index (χ1n) is 10.1. The summed E-state index contributed by atoms with van der Waals surface area (Å²) in [4.78, 5) is 41.3. The van der Waals surface area contributed by atoms with Crippen molar-refractivity contribution in [3.63, 3.8) is 0 Å². The van der Waals surface area contributed by atoms with Crippen LogP contribution in [-0.2, 0) is 4.74 Å². The average Bonchev–Trinajstić information content (AvgIpc) is 3.30. The predicted octanol–water partition coefficient (Wildman–Crippen LogP) is 1.66. The van der Waals surface area contributed by atoms with Gasteiger partial charge >= 0.3 is 0 Å². The van der Waals surface area contributed by atoms with Crippen molar-refractivity contribution < 1.29 is 19.1 Å². The molecule has 2 fully saturated rings. The maximum absolute atomic E-state index is 12.9. The quantitative estimate of drug-likeness (QED) is 0.796. The molecule has 1 aromatic rings. The number of benzene rings is 1. The molecule has 150 valence electrons. The van der Waals surface area contributed by atoms with Gasteiger partial charge in [0.2, 0.25) is 0 Å². The third-order valence-corrected chi connectivity index (χ3v) is 6.20. The Hall–Kier alpha value is -2.25. The number of ether oxygens (including phenoxy) is 1. The lowest BCUT2D eigenvalue weighted by Gasteiger charge is -2.33. The molecule has 7 nitrogen and oxygen atoms in total. The van der Waals surface area contributed by atoms with Crippen molar-refractivity contribution in [2.75, 3.05) is 26.2 Å². The molecule has 7 heteroatoms. The van der Waals surface area contributed by atoms with Crippen molar-refractivity contribution in [3.8, 4) is 0 Å². The highest BCUT2D eigenvalue weighted by atomic mass is 16.5. The first-order valence-corrected chi connectivity index (χ1v) is 10.1.